The Morgan fingerprint density at radius 3 is 2.22 bits per heavy atom. The van der Waals surface area contributed by atoms with Gasteiger partial charge in [-0.05, 0) is 57.5 Å². The summed E-state index contributed by atoms with van der Waals surface area (Å²) in [5, 5.41) is 2.79. The van der Waals surface area contributed by atoms with Gasteiger partial charge in [0.1, 0.15) is 18.4 Å². The summed E-state index contributed by atoms with van der Waals surface area (Å²) in [5.41, 5.74) is 1.98. The van der Waals surface area contributed by atoms with Crippen molar-refractivity contribution in [1.29, 1.82) is 0 Å². The summed E-state index contributed by atoms with van der Waals surface area (Å²) in [7, 11) is -3.84. The third kappa shape index (κ3) is 7.05. The van der Waals surface area contributed by atoms with Gasteiger partial charge >= 0.3 is 0 Å². The van der Waals surface area contributed by atoms with Gasteiger partial charge in [-0.1, -0.05) is 29.8 Å². The molecular weight excluding hydrogens is 433 g/mol. The van der Waals surface area contributed by atoms with E-state index in [-0.39, 0.29) is 24.2 Å². The Morgan fingerprint density at radius 2 is 1.69 bits per heavy atom. The monoisotopic (exact) mass is 463 g/mol. The third-order valence-electron chi connectivity index (χ3n) is 4.83. The number of sulfonamides is 1. The van der Waals surface area contributed by atoms with Gasteiger partial charge in [0.05, 0.1) is 11.9 Å². The first-order valence-electron chi connectivity index (χ1n) is 10.3. The van der Waals surface area contributed by atoms with Gasteiger partial charge in [-0.3, -0.25) is 13.9 Å². The van der Waals surface area contributed by atoms with Crippen LogP contribution in [0.2, 0.25) is 0 Å². The van der Waals surface area contributed by atoms with Crippen LogP contribution in [-0.4, -0.2) is 50.0 Å². The van der Waals surface area contributed by atoms with Crippen LogP contribution in [0.5, 0.6) is 0 Å². The Morgan fingerprint density at radius 1 is 1.06 bits per heavy atom. The Labute approximate surface area is 189 Å². The SMILES string of the molecule is Cc1cccc(CN(C(=O)CN(c2ccc(F)cc2)S(C)(=O)=O)[C@H](C)C(=O)NC(C)C)c1. The van der Waals surface area contributed by atoms with E-state index in [1.54, 1.807) is 6.92 Å². The average molecular weight is 464 g/mol. The molecule has 0 saturated carbocycles. The van der Waals surface area contributed by atoms with Crippen molar-refractivity contribution in [2.24, 2.45) is 0 Å². The number of nitrogens with one attached hydrogen (secondary N) is 1. The highest BCUT2D eigenvalue weighted by Crippen LogP contribution is 2.19. The van der Waals surface area contributed by atoms with Crippen molar-refractivity contribution in [1.82, 2.24) is 10.2 Å². The fraction of sp³-hybridized carbons (Fsp3) is 0.391. The van der Waals surface area contributed by atoms with E-state index >= 15 is 0 Å². The third-order valence-corrected chi connectivity index (χ3v) is 5.97. The summed E-state index contributed by atoms with van der Waals surface area (Å²) in [6.07, 6.45) is 0.976. The summed E-state index contributed by atoms with van der Waals surface area (Å²) >= 11 is 0. The van der Waals surface area contributed by atoms with Crippen LogP contribution >= 0.6 is 0 Å². The van der Waals surface area contributed by atoms with Crippen molar-refractivity contribution in [3.63, 3.8) is 0 Å². The highest BCUT2D eigenvalue weighted by atomic mass is 32.2. The summed E-state index contributed by atoms with van der Waals surface area (Å²) in [5.74, 6) is -1.41. The highest BCUT2D eigenvalue weighted by Gasteiger charge is 2.30. The smallest absolute Gasteiger partial charge is 0.244 e. The van der Waals surface area contributed by atoms with Crippen LogP contribution < -0.4 is 9.62 Å². The van der Waals surface area contributed by atoms with Crippen molar-refractivity contribution < 1.29 is 22.4 Å². The summed E-state index contributed by atoms with van der Waals surface area (Å²) < 4.78 is 39.0. The molecule has 0 aliphatic heterocycles. The molecule has 2 aromatic carbocycles. The summed E-state index contributed by atoms with van der Waals surface area (Å²) in [6, 6.07) is 11.4. The lowest BCUT2D eigenvalue weighted by Crippen LogP contribution is -2.52. The molecule has 0 bridgehead atoms. The molecule has 0 aliphatic carbocycles. The molecule has 0 fully saturated rings. The normalized spacial score (nSPS) is 12.3. The number of carbonyl (C=O) groups excluding carboxylic acids is 2. The molecule has 32 heavy (non-hydrogen) atoms. The molecule has 2 rings (SSSR count). The molecule has 1 N–H and O–H groups in total. The van der Waals surface area contributed by atoms with Gasteiger partial charge in [-0.15, -0.1) is 0 Å². The van der Waals surface area contributed by atoms with Gasteiger partial charge in [0.2, 0.25) is 21.8 Å². The van der Waals surface area contributed by atoms with Crippen molar-refractivity contribution in [3.05, 3.63) is 65.5 Å². The topological polar surface area (TPSA) is 86.8 Å². The maximum absolute atomic E-state index is 13.3. The number of aryl methyl sites for hydroxylation is 1. The largest absolute Gasteiger partial charge is 0.352 e. The summed E-state index contributed by atoms with van der Waals surface area (Å²) in [6.45, 7) is 6.77. The Balaban J connectivity index is 2.38. The quantitative estimate of drug-likeness (QED) is 0.620. The molecule has 0 spiro atoms. The van der Waals surface area contributed by atoms with E-state index in [1.165, 1.54) is 17.0 Å². The lowest BCUT2D eigenvalue weighted by molar-refractivity contribution is -0.139. The second kappa shape index (κ2) is 10.6. The number of hydrogen-bond donors (Lipinski definition) is 1. The van der Waals surface area contributed by atoms with Gasteiger partial charge in [-0.25, -0.2) is 12.8 Å². The van der Waals surface area contributed by atoms with Crippen molar-refractivity contribution in [2.75, 3.05) is 17.1 Å². The van der Waals surface area contributed by atoms with E-state index in [0.29, 0.717) is 0 Å². The van der Waals surface area contributed by atoms with Gasteiger partial charge in [0.15, 0.2) is 0 Å². The average Bonchev–Trinajstić information content (AvgIpc) is 2.69. The molecule has 0 aromatic heterocycles. The van der Waals surface area contributed by atoms with Gasteiger partial charge in [-0.2, -0.15) is 0 Å². The van der Waals surface area contributed by atoms with Crippen molar-refractivity contribution >= 4 is 27.5 Å². The lowest BCUT2D eigenvalue weighted by atomic mass is 10.1. The van der Waals surface area contributed by atoms with Crippen LogP contribution in [0.4, 0.5) is 10.1 Å². The number of nitrogens with zero attached hydrogens (tertiary/aromatic N) is 2. The Bertz CT molecular complexity index is 1060. The van der Waals surface area contributed by atoms with Crippen LogP contribution in [0.1, 0.15) is 31.9 Å². The van der Waals surface area contributed by atoms with Crippen LogP contribution in [-0.2, 0) is 26.2 Å². The lowest BCUT2D eigenvalue weighted by Gasteiger charge is -2.32. The van der Waals surface area contributed by atoms with E-state index in [0.717, 1.165) is 33.8 Å². The first-order chi connectivity index (χ1) is 14.9. The molecule has 7 nitrogen and oxygen atoms in total. The van der Waals surface area contributed by atoms with Crippen molar-refractivity contribution in [3.8, 4) is 0 Å². The maximum atomic E-state index is 13.3. The van der Waals surface area contributed by atoms with E-state index in [2.05, 4.69) is 5.32 Å². The van der Waals surface area contributed by atoms with Crippen LogP contribution in [0.3, 0.4) is 0 Å². The molecule has 2 aromatic rings. The fourth-order valence-electron chi connectivity index (χ4n) is 3.22. The predicted molar refractivity (Wildman–Crippen MR) is 123 cm³/mol. The molecule has 0 radical (unpaired) electrons. The number of hydrogen-bond acceptors (Lipinski definition) is 4. The second-order valence-electron chi connectivity index (χ2n) is 8.10. The standard InChI is InChI=1S/C23H30FN3O4S/c1-16(2)25-23(29)18(4)26(14-19-8-6-7-17(3)13-19)22(28)15-27(32(5,30)31)21-11-9-20(24)10-12-21/h6-13,16,18H,14-15H2,1-5H3,(H,25,29)/t18-/m1/s1. The number of carbonyl (C=O) groups is 2. The molecular formula is C23H30FN3O4S. The van der Waals surface area contributed by atoms with Gasteiger partial charge < -0.3 is 10.2 Å². The molecule has 0 aliphatic rings. The van der Waals surface area contributed by atoms with E-state index in [9.17, 15) is 22.4 Å². The van der Waals surface area contributed by atoms with E-state index in [4.69, 9.17) is 0 Å². The Hall–Kier alpha value is -2.94. The zero-order valence-electron chi connectivity index (χ0n) is 19.0. The number of halogens is 1. The van der Waals surface area contributed by atoms with Gasteiger partial charge in [0.25, 0.3) is 0 Å². The molecule has 0 saturated heterocycles. The Kier molecular flexibility index (Phi) is 8.38. The maximum Gasteiger partial charge on any atom is 0.244 e. The number of anilines is 1. The molecule has 174 valence electrons. The second-order valence-corrected chi connectivity index (χ2v) is 10.0. The molecule has 0 unspecified atom stereocenters. The first-order valence-corrected chi connectivity index (χ1v) is 12.1. The first kappa shape index (κ1) is 25.3. The molecule has 0 heterocycles. The molecule has 2 amide bonds. The zero-order chi connectivity index (χ0) is 24.1. The van der Waals surface area contributed by atoms with E-state index < -0.39 is 34.3 Å². The minimum atomic E-state index is -3.84. The molecule has 9 heteroatoms. The number of benzene rings is 2. The number of rotatable bonds is 9. The molecule has 1 atom stereocenters. The van der Waals surface area contributed by atoms with Gasteiger partial charge in [0, 0.05) is 12.6 Å². The van der Waals surface area contributed by atoms with Crippen LogP contribution in [0.15, 0.2) is 48.5 Å². The number of amides is 2. The highest BCUT2D eigenvalue weighted by molar-refractivity contribution is 7.92. The minimum absolute atomic E-state index is 0.118. The van der Waals surface area contributed by atoms with Crippen LogP contribution in [0, 0.1) is 12.7 Å². The minimum Gasteiger partial charge on any atom is -0.352 e. The van der Waals surface area contributed by atoms with E-state index in [1.807, 2.05) is 45.0 Å². The van der Waals surface area contributed by atoms with Crippen LogP contribution in [0.25, 0.3) is 0 Å². The summed E-state index contributed by atoms with van der Waals surface area (Å²) in [4.78, 5) is 27.4. The van der Waals surface area contributed by atoms with Crippen molar-refractivity contribution in [2.45, 2.75) is 46.3 Å². The predicted octanol–water partition coefficient (Wildman–Crippen LogP) is 2.84. The zero-order valence-corrected chi connectivity index (χ0v) is 19.8. The fourth-order valence-corrected chi connectivity index (χ4v) is 4.07.